The van der Waals surface area contributed by atoms with Gasteiger partial charge in [-0.15, -0.1) is 0 Å². The van der Waals surface area contributed by atoms with E-state index in [1.165, 1.54) is 32.2 Å². The lowest BCUT2D eigenvalue weighted by atomic mass is 10.2. The van der Waals surface area contributed by atoms with Gasteiger partial charge < -0.3 is 5.73 Å². The second-order valence-electron chi connectivity index (χ2n) is 3.91. The Hall–Kier alpha value is -0.0800. The van der Waals surface area contributed by atoms with Gasteiger partial charge in [0.15, 0.2) is 0 Å². The number of unbranched alkanes of at least 4 members (excludes halogenated alkanes) is 1. The number of rotatable bonds is 6. The summed E-state index contributed by atoms with van der Waals surface area (Å²) >= 11 is 0. The maximum absolute atomic E-state index is 5.67. The molecule has 1 fully saturated rings. The Morgan fingerprint density at radius 2 is 2.17 bits per heavy atom. The first-order valence-electron chi connectivity index (χ1n) is 5.25. The van der Waals surface area contributed by atoms with Crippen LogP contribution in [0.2, 0.25) is 0 Å². The second kappa shape index (κ2) is 4.83. The zero-order valence-electron chi connectivity index (χ0n) is 8.42. The van der Waals surface area contributed by atoms with Gasteiger partial charge in [0, 0.05) is 18.6 Å². The fourth-order valence-electron chi connectivity index (χ4n) is 1.65. The van der Waals surface area contributed by atoms with Gasteiger partial charge in [0.05, 0.1) is 0 Å². The van der Waals surface area contributed by atoms with Crippen LogP contribution in [0.5, 0.6) is 0 Å². The van der Waals surface area contributed by atoms with Crippen LogP contribution in [0.25, 0.3) is 0 Å². The van der Waals surface area contributed by atoms with Gasteiger partial charge in [-0.25, -0.2) is 0 Å². The molecule has 1 aliphatic carbocycles. The summed E-state index contributed by atoms with van der Waals surface area (Å²) in [5.74, 6) is 0. The van der Waals surface area contributed by atoms with Crippen molar-refractivity contribution in [2.24, 2.45) is 5.73 Å². The van der Waals surface area contributed by atoms with Crippen LogP contribution in [0.4, 0.5) is 0 Å². The van der Waals surface area contributed by atoms with Crippen molar-refractivity contribution in [2.45, 2.75) is 51.6 Å². The van der Waals surface area contributed by atoms with E-state index in [4.69, 9.17) is 5.73 Å². The average molecular weight is 170 g/mol. The van der Waals surface area contributed by atoms with Gasteiger partial charge in [-0.2, -0.15) is 0 Å². The minimum absolute atomic E-state index is 0.587. The quantitative estimate of drug-likeness (QED) is 0.656. The van der Waals surface area contributed by atoms with Crippen LogP contribution in [-0.4, -0.2) is 30.1 Å². The summed E-state index contributed by atoms with van der Waals surface area (Å²) in [5.41, 5.74) is 5.67. The number of nitrogens with two attached hydrogens (primary N) is 1. The molecule has 1 atom stereocenters. The fourth-order valence-corrected chi connectivity index (χ4v) is 1.65. The van der Waals surface area contributed by atoms with Gasteiger partial charge in [0.2, 0.25) is 0 Å². The van der Waals surface area contributed by atoms with E-state index in [-0.39, 0.29) is 0 Å². The SMILES string of the molecule is CCCCN(C(C)CN)C1CC1. The van der Waals surface area contributed by atoms with Crippen LogP contribution in [-0.2, 0) is 0 Å². The second-order valence-corrected chi connectivity index (χ2v) is 3.91. The summed E-state index contributed by atoms with van der Waals surface area (Å²) in [4.78, 5) is 2.59. The lowest BCUT2D eigenvalue weighted by Crippen LogP contribution is -2.40. The number of hydrogen-bond acceptors (Lipinski definition) is 2. The minimum Gasteiger partial charge on any atom is -0.329 e. The molecule has 1 unspecified atom stereocenters. The highest BCUT2D eigenvalue weighted by atomic mass is 15.2. The molecule has 2 N–H and O–H groups in total. The Bertz CT molecular complexity index is 121. The van der Waals surface area contributed by atoms with Crippen molar-refractivity contribution in [1.82, 2.24) is 4.90 Å². The Balaban J connectivity index is 2.26. The third-order valence-electron chi connectivity index (χ3n) is 2.69. The van der Waals surface area contributed by atoms with E-state index in [0.29, 0.717) is 6.04 Å². The Kier molecular flexibility index (Phi) is 4.02. The highest BCUT2D eigenvalue weighted by molar-refractivity contribution is 4.87. The van der Waals surface area contributed by atoms with Crippen molar-refractivity contribution in [3.63, 3.8) is 0 Å². The van der Waals surface area contributed by atoms with E-state index in [0.717, 1.165) is 12.6 Å². The molecule has 0 spiro atoms. The van der Waals surface area contributed by atoms with Gasteiger partial charge >= 0.3 is 0 Å². The van der Waals surface area contributed by atoms with Crippen molar-refractivity contribution in [1.29, 1.82) is 0 Å². The molecule has 0 amide bonds. The van der Waals surface area contributed by atoms with Crippen molar-refractivity contribution in [2.75, 3.05) is 13.1 Å². The fraction of sp³-hybridized carbons (Fsp3) is 1.00. The molecule has 0 heterocycles. The van der Waals surface area contributed by atoms with Crippen LogP contribution in [0.15, 0.2) is 0 Å². The molecule has 1 rings (SSSR count). The smallest absolute Gasteiger partial charge is 0.0193 e. The first-order valence-corrected chi connectivity index (χ1v) is 5.25. The molecule has 0 radical (unpaired) electrons. The Morgan fingerprint density at radius 1 is 1.50 bits per heavy atom. The first-order chi connectivity index (χ1) is 5.79. The molecule has 0 aromatic rings. The van der Waals surface area contributed by atoms with E-state index in [2.05, 4.69) is 18.7 Å². The third kappa shape index (κ3) is 2.76. The summed E-state index contributed by atoms with van der Waals surface area (Å²) in [6.07, 6.45) is 5.41. The highest BCUT2D eigenvalue weighted by Gasteiger charge is 2.30. The maximum atomic E-state index is 5.67. The molecule has 1 aliphatic rings. The predicted octanol–water partition coefficient (Wildman–Crippen LogP) is 1.60. The van der Waals surface area contributed by atoms with Crippen molar-refractivity contribution < 1.29 is 0 Å². The van der Waals surface area contributed by atoms with Crippen molar-refractivity contribution >= 4 is 0 Å². The lowest BCUT2D eigenvalue weighted by molar-refractivity contribution is 0.200. The summed E-state index contributed by atoms with van der Waals surface area (Å²) in [6, 6.07) is 1.46. The van der Waals surface area contributed by atoms with Crippen LogP contribution in [0, 0.1) is 0 Å². The molecule has 0 aromatic carbocycles. The van der Waals surface area contributed by atoms with Gasteiger partial charge in [-0.05, 0) is 32.7 Å². The average Bonchev–Trinajstić information content (AvgIpc) is 2.88. The summed E-state index contributed by atoms with van der Waals surface area (Å²) in [7, 11) is 0. The van der Waals surface area contributed by atoms with Crippen LogP contribution >= 0.6 is 0 Å². The molecular weight excluding hydrogens is 148 g/mol. The lowest BCUT2D eigenvalue weighted by Gasteiger charge is -2.27. The van der Waals surface area contributed by atoms with Gasteiger partial charge in [-0.1, -0.05) is 13.3 Å². The highest BCUT2D eigenvalue weighted by Crippen LogP contribution is 2.28. The van der Waals surface area contributed by atoms with Gasteiger partial charge in [0.1, 0.15) is 0 Å². The first kappa shape index (κ1) is 10.0. The zero-order valence-corrected chi connectivity index (χ0v) is 8.42. The molecule has 1 saturated carbocycles. The Labute approximate surface area is 76.1 Å². The largest absolute Gasteiger partial charge is 0.329 e. The molecule has 0 saturated heterocycles. The van der Waals surface area contributed by atoms with Crippen LogP contribution in [0.3, 0.4) is 0 Å². The summed E-state index contributed by atoms with van der Waals surface area (Å²) in [5, 5.41) is 0. The van der Waals surface area contributed by atoms with E-state index in [1.54, 1.807) is 0 Å². The standard InChI is InChI=1S/C10H22N2/c1-3-4-7-12(9(2)8-11)10-5-6-10/h9-10H,3-8,11H2,1-2H3. The van der Waals surface area contributed by atoms with Gasteiger partial charge in [-0.3, -0.25) is 4.90 Å². The van der Waals surface area contributed by atoms with Crippen molar-refractivity contribution in [3.8, 4) is 0 Å². The monoisotopic (exact) mass is 170 g/mol. The van der Waals surface area contributed by atoms with E-state index >= 15 is 0 Å². The predicted molar refractivity (Wildman–Crippen MR) is 53.2 cm³/mol. The van der Waals surface area contributed by atoms with Crippen LogP contribution < -0.4 is 5.73 Å². The van der Waals surface area contributed by atoms with Crippen molar-refractivity contribution in [3.05, 3.63) is 0 Å². The minimum atomic E-state index is 0.587. The van der Waals surface area contributed by atoms with Gasteiger partial charge in [0.25, 0.3) is 0 Å². The molecule has 2 heteroatoms. The third-order valence-corrected chi connectivity index (χ3v) is 2.69. The molecule has 12 heavy (non-hydrogen) atoms. The number of nitrogens with zero attached hydrogens (tertiary/aromatic N) is 1. The van der Waals surface area contributed by atoms with E-state index in [1.807, 2.05) is 0 Å². The summed E-state index contributed by atoms with van der Waals surface area (Å²) < 4.78 is 0. The number of hydrogen-bond donors (Lipinski definition) is 1. The van der Waals surface area contributed by atoms with E-state index < -0.39 is 0 Å². The maximum Gasteiger partial charge on any atom is 0.0193 e. The molecule has 0 aliphatic heterocycles. The molecule has 72 valence electrons. The molecule has 2 nitrogen and oxygen atoms in total. The van der Waals surface area contributed by atoms with Crippen LogP contribution in [0.1, 0.15) is 39.5 Å². The topological polar surface area (TPSA) is 29.3 Å². The van der Waals surface area contributed by atoms with E-state index in [9.17, 15) is 0 Å². The molecular formula is C10H22N2. The molecule has 0 bridgehead atoms. The Morgan fingerprint density at radius 3 is 2.58 bits per heavy atom. The zero-order chi connectivity index (χ0) is 8.97. The normalized spacial score (nSPS) is 20.0. The molecule has 0 aromatic heterocycles. The summed E-state index contributed by atoms with van der Waals surface area (Å²) in [6.45, 7) is 6.55.